The molecular formula is C21H24N4O. The number of para-hydroxylation sites is 1. The van der Waals surface area contributed by atoms with Crippen LogP contribution in [0.4, 0.5) is 0 Å². The maximum atomic E-state index is 5.45. The minimum Gasteiger partial charge on any atom is -0.496 e. The molecule has 2 heterocycles. The van der Waals surface area contributed by atoms with Gasteiger partial charge in [0.05, 0.1) is 19.3 Å². The summed E-state index contributed by atoms with van der Waals surface area (Å²) in [5.74, 6) is 0.828. The molecule has 3 aromatic rings. The maximum Gasteiger partial charge on any atom is 0.128 e. The Hall–Kier alpha value is -2.66. The number of benzene rings is 2. The van der Waals surface area contributed by atoms with Gasteiger partial charge in [-0.15, -0.1) is 5.10 Å². The number of aromatic nitrogens is 3. The van der Waals surface area contributed by atoms with Crippen LogP contribution in [-0.4, -0.2) is 40.1 Å². The zero-order chi connectivity index (χ0) is 17.8. The summed E-state index contributed by atoms with van der Waals surface area (Å²) in [5.41, 5.74) is 3.21. The molecule has 1 aromatic heterocycles. The van der Waals surface area contributed by atoms with Crippen LogP contribution >= 0.6 is 0 Å². The second kappa shape index (κ2) is 7.70. The number of likely N-dealkylation sites (tertiary alicyclic amines) is 1. The van der Waals surface area contributed by atoms with Gasteiger partial charge in [-0.25, -0.2) is 4.68 Å². The number of rotatable bonds is 5. The van der Waals surface area contributed by atoms with Crippen LogP contribution < -0.4 is 4.74 Å². The Morgan fingerprint density at radius 1 is 1.08 bits per heavy atom. The Balaban J connectivity index is 1.48. The Kier molecular flexibility index (Phi) is 4.97. The van der Waals surface area contributed by atoms with Gasteiger partial charge in [-0.2, -0.15) is 0 Å². The van der Waals surface area contributed by atoms with Gasteiger partial charge >= 0.3 is 0 Å². The highest BCUT2D eigenvalue weighted by Gasteiger charge is 2.23. The first-order chi connectivity index (χ1) is 12.8. The molecule has 1 aliphatic rings. The van der Waals surface area contributed by atoms with Gasteiger partial charge in [-0.05, 0) is 37.1 Å². The van der Waals surface area contributed by atoms with Crippen molar-refractivity contribution in [3.63, 3.8) is 0 Å². The topological polar surface area (TPSA) is 43.2 Å². The van der Waals surface area contributed by atoms with Crippen LogP contribution in [0.1, 0.15) is 24.4 Å². The molecule has 1 atom stereocenters. The molecule has 5 heteroatoms. The molecule has 1 unspecified atom stereocenters. The quantitative estimate of drug-likeness (QED) is 0.704. The Morgan fingerprint density at radius 2 is 1.88 bits per heavy atom. The van der Waals surface area contributed by atoms with Gasteiger partial charge in [0, 0.05) is 18.7 Å². The summed E-state index contributed by atoms with van der Waals surface area (Å²) in [7, 11) is 1.69. The molecule has 5 nitrogen and oxygen atoms in total. The fraction of sp³-hybridized carbons (Fsp3) is 0.333. The third kappa shape index (κ3) is 3.63. The molecule has 0 bridgehead atoms. The molecule has 1 fully saturated rings. The van der Waals surface area contributed by atoms with E-state index in [4.69, 9.17) is 4.74 Å². The summed E-state index contributed by atoms with van der Waals surface area (Å²) in [5, 5.41) is 8.81. The van der Waals surface area contributed by atoms with E-state index >= 15 is 0 Å². The molecule has 0 amide bonds. The van der Waals surface area contributed by atoms with Crippen molar-refractivity contribution in [2.45, 2.75) is 25.4 Å². The van der Waals surface area contributed by atoms with Gasteiger partial charge in [0.2, 0.25) is 0 Å². The summed E-state index contributed by atoms with van der Waals surface area (Å²) in [6, 6.07) is 19.0. The lowest BCUT2D eigenvalue weighted by Gasteiger charge is -2.32. The van der Waals surface area contributed by atoms with Crippen molar-refractivity contribution in [3.05, 3.63) is 66.4 Å². The van der Waals surface area contributed by atoms with E-state index in [1.54, 1.807) is 7.11 Å². The maximum absolute atomic E-state index is 5.45. The van der Waals surface area contributed by atoms with Crippen LogP contribution in [0.15, 0.2) is 60.8 Å². The Bertz CT molecular complexity index is 846. The molecule has 2 aromatic carbocycles. The van der Waals surface area contributed by atoms with Crippen LogP contribution in [-0.2, 0) is 6.54 Å². The zero-order valence-electron chi connectivity index (χ0n) is 15.1. The van der Waals surface area contributed by atoms with Gasteiger partial charge in [0.1, 0.15) is 11.4 Å². The number of methoxy groups -OCH3 is 1. The van der Waals surface area contributed by atoms with E-state index in [0.29, 0.717) is 6.04 Å². The van der Waals surface area contributed by atoms with Crippen molar-refractivity contribution in [2.24, 2.45) is 0 Å². The first-order valence-corrected chi connectivity index (χ1v) is 9.15. The van der Waals surface area contributed by atoms with Crippen molar-refractivity contribution < 1.29 is 4.74 Å². The minimum atomic E-state index is 0.364. The molecule has 0 aliphatic carbocycles. The molecule has 0 radical (unpaired) electrons. The smallest absolute Gasteiger partial charge is 0.128 e. The highest BCUT2D eigenvalue weighted by atomic mass is 16.5. The highest BCUT2D eigenvalue weighted by Crippen LogP contribution is 2.29. The molecule has 26 heavy (non-hydrogen) atoms. The first kappa shape index (κ1) is 16.8. The molecular weight excluding hydrogens is 324 g/mol. The normalized spacial score (nSPS) is 18.0. The number of ether oxygens (including phenoxy) is 1. The third-order valence-corrected chi connectivity index (χ3v) is 5.00. The number of piperidine rings is 1. The minimum absolute atomic E-state index is 0.364. The van der Waals surface area contributed by atoms with Crippen LogP contribution in [0.3, 0.4) is 0 Å². The van der Waals surface area contributed by atoms with E-state index < -0.39 is 0 Å². The predicted molar refractivity (Wildman–Crippen MR) is 102 cm³/mol. The molecule has 1 saturated heterocycles. The Morgan fingerprint density at radius 3 is 2.73 bits per heavy atom. The molecule has 134 valence electrons. The van der Waals surface area contributed by atoms with Crippen molar-refractivity contribution >= 4 is 0 Å². The first-order valence-electron chi connectivity index (χ1n) is 9.15. The lowest BCUT2D eigenvalue weighted by Crippen LogP contribution is -2.36. The second-order valence-corrected chi connectivity index (χ2v) is 6.80. The number of nitrogens with zero attached hydrogens (tertiary/aromatic N) is 4. The fourth-order valence-corrected chi connectivity index (χ4v) is 3.67. The SMILES string of the molecule is COc1ccccc1-c1cn(C2CCCN(Cc3ccccc3)C2)nn1. The van der Waals surface area contributed by atoms with E-state index in [1.165, 1.54) is 12.0 Å². The second-order valence-electron chi connectivity index (χ2n) is 6.80. The van der Waals surface area contributed by atoms with Crippen LogP contribution in [0.2, 0.25) is 0 Å². The number of hydrogen-bond donors (Lipinski definition) is 0. The summed E-state index contributed by atoms with van der Waals surface area (Å²) in [4.78, 5) is 2.51. The standard InChI is InChI=1S/C21H24N4O/c1-26-21-12-6-5-11-19(21)20-16-25(23-22-20)18-10-7-13-24(15-18)14-17-8-3-2-4-9-17/h2-6,8-9,11-12,16,18H,7,10,13-15H2,1H3. The van der Waals surface area contributed by atoms with Crippen molar-refractivity contribution in [3.8, 4) is 17.0 Å². The van der Waals surface area contributed by atoms with Gasteiger partial charge in [0.15, 0.2) is 0 Å². The van der Waals surface area contributed by atoms with Crippen LogP contribution in [0.5, 0.6) is 5.75 Å². The van der Waals surface area contributed by atoms with E-state index in [2.05, 4.69) is 51.7 Å². The lowest BCUT2D eigenvalue weighted by molar-refractivity contribution is 0.162. The third-order valence-electron chi connectivity index (χ3n) is 5.00. The summed E-state index contributed by atoms with van der Waals surface area (Å²) in [6.45, 7) is 3.13. The summed E-state index contributed by atoms with van der Waals surface area (Å²) >= 11 is 0. The largest absolute Gasteiger partial charge is 0.496 e. The molecule has 0 N–H and O–H groups in total. The zero-order valence-corrected chi connectivity index (χ0v) is 15.1. The van der Waals surface area contributed by atoms with E-state index in [1.807, 2.05) is 28.9 Å². The molecule has 0 saturated carbocycles. The van der Waals surface area contributed by atoms with Gasteiger partial charge in [-0.1, -0.05) is 47.7 Å². The summed E-state index contributed by atoms with van der Waals surface area (Å²) < 4.78 is 7.48. The van der Waals surface area contributed by atoms with E-state index in [0.717, 1.165) is 43.1 Å². The van der Waals surface area contributed by atoms with Crippen LogP contribution in [0.25, 0.3) is 11.3 Å². The van der Waals surface area contributed by atoms with Crippen molar-refractivity contribution in [2.75, 3.05) is 20.2 Å². The van der Waals surface area contributed by atoms with Gasteiger partial charge in [0.25, 0.3) is 0 Å². The average Bonchev–Trinajstić information content (AvgIpc) is 3.19. The highest BCUT2D eigenvalue weighted by molar-refractivity contribution is 5.66. The molecule has 1 aliphatic heterocycles. The Labute approximate surface area is 154 Å². The van der Waals surface area contributed by atoms with Gasteiger partial charge < -0.3 is 4.74 Å². The predicted octanol–water partition coefficient (Wildman–Crippen LogP) is 3.79. The monoisotopic (exact) mass is 348 g/mol. The number of hydrogen-bond acceptors (Lipinski definition) is 4. The van der Waals surface area contributed by atoms with Gasteiger partial charge in [-0.3, -0.25) is 4.90 Å². The average molecular weight is 348 g/mol. The van der Waals surface area contributed by atoms with Crippen molar-refractivity contribution in [1.82, 2.24) is 19.9 Å². The van der Waals surface area contributed by atoms with E-state index in [9.17, 15) is 0 Å². The molecule has 4 rings (SSSR count). The van der Waals surface area contributed by atoms with Crippen molar-refractivity contribution in [1.29, 1.82) is 0 Å². The fourth-order valence-electron chi connectivity index (χ4n) is 3.67. The lowest BCUT2D eigenvalue weighted by atomic mass is 10.0. The summed E-state index contributed by atoms with van der Waals surface area (Å²) in [6.07, 6.45) is 4.37. The van der Waals surface area contributed by atoms with Crippen LogP contribution in [0, 0.1) is 0 Å². The van der Waals surface area contributed by atoms with E-state index in [-0.39, 0.29) is 0 Å². The molecule has 0 spiro atoms.